The summed E-state index contributed by atoms with van der Waals surface area (Å²) in [6.07, 6.45) is 4.21. The van der Waals surface area contributed by atoms with Crippen LogP contribution in [0, 0.1) is 0 Å². The number of nitrogens with zero attached hydrogens (tertiary/aromatic N) is 4. The normalized spacial score (nSPS) is 15.9. The minimum absolute atomic E-state index is 0.0733. The van der Waals surface area contributed by atoms with Crippen LogP contribution in [0.3, 0.4) is 0 Å². The number of β-amino-alcohol motifs (C(OH)–C–C–N with tert-alkyl or cyclic N) is 1. The van der Waals surface area contributed by atoms with Crippen molar-refractivity contribution in [1.82, 2.24) is 14.5 Å². The van der Waals surface area contributed by atoms with Gasteiger partial charge in [-0.05, 0) is 31.0 Å². The summed E-state index contributed by atoms with van der Waals surface area (Å²) in [5.74, 6) is 0.608. The Morgan fingerprint density at radius 3 is 2.59 bits per heavy atom. The Morgan fingerprint density at radius 1 is 1.11 bits per heavy atom. The molecule has 27 heavy (non-hydrogen) atoms. The summed E-state index contributed by atoms with van der Waals surface area (Å²) in [5.41, 5.74) is 1.20. The molecule has 0 saturated carbocycles. The lowest BCUT2D eigenvalue weighted by atomic mass is 9.95. The number of pyridine rings is 1. The Labute approximate surface area is 157 Å². The minimum Gasteiger partial charge on any atom is -0.384 e. The molecule has 1 unspecified atom stereocenters. The van der Waals surface area contributed by atoms with E-state index in [-0.39, 0.29) is 5.56 Å². The summed E-state index contributed by atoms with van der Waals surface area (Å²) in [7, 11) is 0. The van der Waals surface area contributed by atoms with E-state index in [1.165, 1.54) is 0 Å². The van der Waals surface area contributed by atoms with E-state index in [4.69, 9.17) is 4.98 Å². The number of hydrogen-bond acceptors (Lipinski definition) is 5. The van der Waals surface area contributed by atoms with Crippen molar-refractivity contribution in [3.63, 3.8) is 0 Å². The van der Waals surface area contributed by atoms with Gasteiger partial charge in [0.25, 0.3) is 5.56 Å². The minimum atomic E-state index is -1.05. The van der Waals surface area contributed by atoms with Gasteiger partial charge in [-0.25, -0.2) is 4.98 Å². The predicted octanol–water partition coefficient (Wildman–Crippen LogP) is 2.42. The highest BCUT2D eigenvalue weighted by Gasteiger charge is 2.30. The van der Waals surface area contributed by atoms with Crippen molar-refractivity contribution < 1.29 is 5.11 Å². The molecule has 138 valence electrons. The molecule has 0 aliphatic carbocycles. The second kappa shape index (κ2) is 6.96. The van der Waals surface area contributed by atoms with Gasteiger partial charge in [-0.1, -0.05) is 30.3 Å². The van der Waals surface area contributed by atoms with E-state index in [1.807, 2.05) is 47.4 Å². The summed E-state index contributed by atoms with van der Waals surface area (Å²) in [6.45, 7) is 3.55. The van der Waals surface area contributed by atoms with Crippen molar-refractivity contribution >= 4 is 5.95 Å². The fourth-order valence-corrected chi connectivity index (χ4v) is 3.55. The van der Waals surface area contributed by atoms with Crippen LogP contribution < -0.4 is 10.5 Å². The van der Waals surface area contributed by atoms with Crippen molar-refractivity contribution in [2.24, 2.45) is 0 Å². The molecule has 1 aliphatic heterocycles. The average Bonchev–Trinajstić information content (AvgIpc) is 2.70. The molecule has 1 N–H and O–H groups in total. The van der Waals surface area contributed by atoms with Crippen LogP contribution in [-0.4, -0.2) is 32.7 Å². The van der Waals surface area contributed by atoms with Gasteiger partial charge < -0.3 is 10.0 Å². The maximum atomic E-state index is 12.7. The molecule has 0 spiro atoms. The van der Waals surface area contributed by atoms with Crippen molar-refractivity contribution in [1.29, 1.82) is 0 Å². The van der Waals surface area contributed by atoms with Crippen LogP contribution in [0.25, 0.3) is 11.3 Å². The van der Waals surface area contributed by atoms with Gasteiger partial charge >= 0.3 is 0 Å². The van der Waals surface area contributed by atoms with Gasteiger partial charge in [0.05, 0.1) is 12.2 Å². The monoisotopic (exact) mass is 362 g/mol. The van der Waals surface area contributed by atoms with Crippen molar-refractivity contribution in [3.8, 4) is 11.3 Å². The highest BCUT2D eigenvalue weighted by atomic mass is 16.3. The maximum absolute atomic E-state index is 12.7. The molecule has 0 bridgehead atoms. The summed E-state index contributed by atoms with van der Waals surface area (Å²) in [6, 6.07) is 14.8. The van der Waals surface area contributed by atoms with Crippen LogP contribution in [0.15, 0.2) is 65.7 Å². The molecule has 1 aromatic carbocycles. The van der Waals surface area contributed by atoms with Gasteiger partial charge in [0.2, 0.25) is 5.95 Å². The number of hydrogen-bond donors (Lipinski definition) is 1. The number of fused-ring (bicyclic) bond motifs is 1. The molecule has 0 fully saturated rings. The predicted molar refractivity (Wildman–Crippen MR) is 105 cm³/mol. The fourth-order valence-electron chi connectivity index (χ4n) is 3.55. The molecular formula is C21H22N4O2. The number of aromatic nitrogens is 3. The van der Waals surface area contributed by atoms with E-state index in [9.17, 15) is 9.90 Å². The number of rotatable bonds is 4. The lowest BCUT2D eigenvalue weighted by molar-refractivity contribution is 0.0632. The topological polar surface area (TPSA) is 71.2 Å². The number of aliphatic hydroxyl groups is 1. The van der Waals surface area contributed by atoms with Gasteiger partial charge in [-0.15, -0.1) is 0 Å². The third kappa shape index (κ3) is 3.48. The number of benzene rings is 1. The Bertz CT molecular complexity index is 984. The summed E-state index contributed by atoms with van der Waals surface area (Å²) in [5, 5.41) is 11.1. The van der Waals surface area contributed by atoms with E-state index in [2.05, 4.69) is 4.98 Å². The Morgan fingerprint density at radius 2 is 1.85 bits per heavy atom. The molecule has 4 rings (SSSR count). The molecular weight excluding hydrogens is 340 g/mol. The van der Waals surface area contributed by atoms with E-state index >= 15 is 0 Å². The first-order valence-electron chi connectivity index (χ1n) is 9.10. The highest BCUT2D eigenvalue weighted by Crippen LogP contribution is 2.27. The van der Waals surface area contributed by atoms with Crippen molar-refractivity contribution in [2.75, 3.05) is 18.0 Å². The zero-order chi connectivity index (χ0) is 18.9. The molecule has 0 saturated heterocycles. The summed E-state index contributed by atoms with van der Waals surface area (Å²) >= 11 is 0. The van der Waals surface area contributed by atoms with Crippen LogP contribution >= 0.6 is 0 Å². The standard InChI is InChI=1S/C21H22N4O2/c1-21(27,17-6-3-2-4-7-17)15-24-12-5-13-25-19(26)14-18(23-20(24)25)16-8-10-22-11-9-16/h2-4,6-11,14,27H,5,12-13,15H2,1H3. The van der Waals surface area contributed by atoms with Gasteiger partial charge in [-0.2, -0.15) is 0 Å². The first kappa shape index (κ1) is 17.4. The second-order valence-corrected chi connectivity index (χ2v) is 7.08. The molecule has 0 radical (unpaired) electrons. The lowest BCUT2D eigenvalue weighted by Gasteiger charge is -2.36. The van der Waals surface area contributed by atoms with Gasteiger partial charge in [0.15, 0.2) is 0 Å². The second-order valence-electron chi connectivity index (χ2n) is 7.08. The molecule has 1 aliphatic rings. The van der Waals surface area contributed by atoms with Gasteiger partial charge in [0, 0.05) is 37.1 Å². The van der Waals surface area contributed by atoms with Crippen LogP contribution in [0.4, 0.5) is 5.95 Å². The van der Waals surface area contributed by atoms with Crippen LogP contribution in [0.5, 0.6) is 0 Å². The summed E-state index contributed by atoms with van der Waals surface area (Å²) in [4.78, 5) is 23.4. The first-order valence-corrected chi connectivity index (χ1v) is 9.10. The first-order chi connectivity index (χ1) is 13.0. The Hall–Kier alpha value is -2.99. The van der Waals surface area contributed by atoms with E-state index in [1.54, 1.807) is 30.0 Å². The molecule has 0 amide bonds. The van der Waals surface area contributed by atoms with Gasteiger partial charge in [-0.3, -0.25) is 14.3 Å². The SMILES string of the molecule is CC(O)(CN1CCCn2c1nc(-c1ccncc1)cc2=O)c1ccccc1. The molecule has 3 heterocycles. The lowest BCUT2D eigenvalue weighted by Crippen LogP contribution is -2.45. The molecule has 2 aromatic heterocycles. The quantitative estimate of drug-likeness (QED) is 0.772. The number of anilines is 1. The zero-order valence-electron chi connectivity index (χ0n) is 15.2. The maximum Gasteiger partial charge on any atom is 0.255 e. The Kier molecular flexibility index (Phi) is 4.49. The average molecular weight is 362 g/mol. The third-order valence-electron chi connectivity index (χ3n) is 4.95. The fraction of sp³-hybridized carbons (Fsp3) is 0.286. The molecule has 6 nitrogen and oxygen atoms in total. The van der Waals surface area contributed by atoms with Crippen LogP contribution in [0.1, 0.15) is 18.9 Å². The molecule has 1 atom stereocenters. The van der Waals surface area contributed by atoms with Crippen molar-refractivity contribution in [2.45, 2.75) is 25.5 Å². The highest BCUT2D eigenvalue weighted by molar-refractivity contribution is 5.59. The molecule has 3 aromatic rings. The van der Waals surface area contributed by atoms with E-state index in [0.717, 1.165) is 24.1 Å². The van der Waals surface area contributed by atoms with Crippen LogP contribution in [0.2, 0.25) is 0 Å². The largest absolute Gasteiger partial charge is 0.384 e. The smallest absolute Gasteiger partial charge is 0.255 e. The summed E-state index contributed by atoms with van der Waals surface area (Å²) < 4.78 is 1.69. The van der Waals surface area contributed by atoms with E-state index < -0.39 is 5.60 Å². The van der Waals surface area contributed by atoms with Crippen LogP contribution in [-0.2, 0) is 12.1 Å². The van der Waals surface area contributed by atoms with Gasteiger partial charge in [0.1, 0.15) is 5.60 Å². The third-order valence-corrected chi connectivity index (χ3v) is 4.95. The Balaban J connectivity index is 1.72. The zero-order valence-corrected chi connectivity index (χ0v) is 15.2. The van der Waals surface area contributed by atoms with E-state index in [0.29, 0.717) is 24.7 Å². The molecule has 6 heteroatoms. The van der Waals surface area contributed by atoms with Crippen molar-refractivity contribution in [3.05, 3.63) is 76.8 Å².